The first-order valence-corrected chi connectivity index (χ1v) is 4.34. The topological polar surface area (TPSA) is 82.2 Å². The van der Waals surface area contributed by atoms with Gasteiger partial charge in [0.2, 0.25) is 5.76 Å². The first-order chi connectivity index (χ1) is 7.36. The van der Waals surface area contributed by atoms with Gasteiger partial charge in [-0.15, -0.1) is 0 Å². The Morgan fingerprint density at radius 1 is 1.27 bits per heavy atom. The van der Waals surface area contributed by atoms with Crippen molar-refractivity contribution < 1.29 is 4.52 Å². The number of aromatic nitrogens is 4. The van der Waals surface area contributed by atoms with Gasteiger partial charge in [-0.2, -0.15) is 0 Å². The Morgan fingerprint density at radius 3 is 3.00 bits per heavy atom. The number of nitrogens with zero attached hydrogens (tertiary/aromatic N) is 4. The molecule has 6 heteroatoms. The summed E-state index contributed by atoms with van der Waals surface area (Å²) >= 11 is 0. The van der Waals surface area contributed by atoms with Gasteiger partial charge in [0.05, 0.1) is 18.6 Å². The normalized spacial score (nSPS) is 10.9. The zero-order valence-corrected chi connectivity index (χ0v) is 7.66. The van der Waals surface area contributed by atoms with Crippen LogP contribution in [0.25, 0.3) is 17.1 Å². The van der Waals surface area contributed by atoms with Crippen molar-refractivity contribution in [2.45, 2.75) is 0 Å². The first-order valence-electron chi connectivity index (χ1n) is 4.34. The number of hydrogen-bond acceptors (Lipinski definition) is 5. The number of imidazole rings is 1. The van der Waals surface area contributed by atoms with Gasteiger partial charge in [-0.25, -0.2) is 4.98 Å². The molecular weight excluding hydrogens is 194 g/mol. The lowest BCUT2D eigenvalue weighted by molar-refractivity contribution is 0.431. The molecule has 0 bridgehead atoms. The van der Waals surface area contributed by atoms with Gasteiger partial charge in [-0.3, -0.25) is 9.38 Å². The van der Waals surface area contributed by atoms with Gasteiger partial charge in [0.25, 0.3) is 0 Å². The standard InChI is InChI=1S/C9H7N5O/c10-6-3-13-15-9(6)7-4-12-8-5-11-1-2-14(7)8/h1-5H,10H2. The molecule has 0 atom stereocenters. The molecule has 0 aromatic carbocycles. The maximum Gasteiger partial charge on any atom is 0.208 e. The summed E-state index contributed by atoms with van der Waals surface area (Å²) in [6, 6.07) is 0. The molecule has 0 spiro atoms. The number of hydrogen-bond donors (Lipinski definition) is 1. The fourth-order valence-electron chi connectivity index (χ4n) is 1.45. The van der Waals surface area contributed by atoms with Crippen LogP contribution in [0.1, 0.15) is 0 Å². The van der Waals surface area contributed by atoms with Crippen molar-refractivity contribution in [2.75, 3.05) is 5.73 Å². The molecule has 0 aliphatic rings. The van der Waals surface area contributed by atoms with E-state index in [2.05, 4.69) is 15.1 Å². The van der Waals surface area contributed by atoms with Gasteiger partial charge in [0, 0.05) is 12.4 Å². The third kappa shape index (κ3) is 1.08. The summed E-state index contributed by atoms with van der Waals surface area (Å²) in [7, 11) is 0. The van der Waals surface area contributed by atoms with Crippen molar-refractivity contribution >= 4 is 11.3 Å². The molecule has 2 N–H and O–H groups in total. The van der Waals surface area contributed by atoms with Crippen molar-refractivity contribution in [1.29, 1.82) is 0 Å². The summed E-state index contributed by atoms with van der Waals surface area (Å²) in [6.45, 7) is 0. The molecular formula is C9H7N5O. The third-order valence-corrected chi connectivity index (χ3v) is 2.15. The van der Waals surface area contributed by atoms with E-state index in [1.807, 2.05) is 4.40 Å². The van der Waals surface area contributed by atoms with Crippen molar-refractivity contribution in [3.8, 4) is 11.5 Å². The zero-order chi connectivity index (χ0) is 10.3. The molecule has 0 saturated carbocycles. The molecule has 6 nitrogen and oxygen atoms in total. The monoisotopic (exact) mass is 201 g/mol. The lowest BCUT2D eigenvalue weighted by atomic mass is 10.3. The summed E-state index contributed by atoms with van der Waals surface area (Å²) in [4.78, 5) is 8.14. The van der Waals surface area contributed by atoms with Gasteiger partial charge >= 0.3 is 0 Å². The van der Waals surface area contributed by atoms with Crippen LogP contribution in [0.3, 0.4) is 0 Å². The maximum absolute atomic E-state index is 5.71. The first kappa shape index (κ1) is 7.98. The van der Waals surface area contributed by atoms with Crippen LogP contribution >= 0.6 is 0 Å². The molecule has 3 aromatic heterocycles. The number of nitrogen functional groups attached to an aromatic ring is 1. The van der Waals surface area contributed by atoms with Crippen LogP contribution in [-0.2, 0) is 0 Å². The highest BCUT2D eigenvalue weighted by atomic mass is 16.5. The highest BCUT2D eigenvalue weighted by Gasteiger charge is 2.12. The Hall–Kier alpha value is -2.37. The summed E-state index contributed by atoms with van der Waals surface area (Å²) < 4.78 is 6.90. The van der Waals surface area contributed by atoms with Crippen LogP contribution in [0.2, 0.25) is 0 Å². The van der Waals surface area contributed by atoms with Crippen molar-refractivity contribution in [3.63, 3.8) is 0 Å². The number of anilines is 1. The molecule has 0 unspecified atom stereocenters. The molecule has 0 aliphatic heterocycles. The molecule has 0 amide bonds. The number of rotatable bonds is 1. The Bertz CT molecular complexity index is 612. The zero-order valence-electron chi connectivity index (χ0n) is 7.66. The van der Waals surface area contributed by atoms with E-state index in [4.69, 9.17) is 10.3 Å². The molecule has 0 saturated heterocycles. The SMILES string of the molecule is Nc1cnoc1-c1cnc2cnccn12. The van der Waals surface area contributed by atoms with Crippen LogP contribution in [0, 0.1) is 0 Å². The van der Waals surface area contributed by atoms with E-state index < -0.39 is 0 Å². The largest absolute Gasteiger partial charge is 0.394 e. The molecule has 0 aliphatic carbocycles. The van der Waals surface area contributed by atoms with Gasteiger partial charge < -0.3 is 10.3 Å². The van der Waals surface area contributed by atoms with Gasteiger partial charge in [-0.05, 0) is 0 Å². The average molecular weight is 201 g/mol. The van der Waals surface area contributed by atoms with Crippen molar-refractivity contribution in [1.82, 2.24) is 19.5 Å². The molecule has 3 aromatic rings. The predicted molar refractivity (Wildman–Crippen MR) is 52.9 cm³/mol. The molecule has 3 rings (SSSR count). The number of fused-ring (bicyclic) bond motifs is 1. The van der Waals surface area contributed by atoms with Crippen LogP contribution in [0.5, 0.6) is 0 Å². The molecule has 74 valence electrons. The van der Waals surface area contributed by atoms with Crippen LogP contribution in [0.4, 0.5) is 5.69 Å². The fraction of sp³-hybridized carbons (Fsp3) is 0. The molecule has 0 radical (unpaired) electrons. The minimum absolute atomic E-state index is 0.494. The summed E-state index contributed by atoms with van der Waals surface area (Å²) in [5.41, 5.74) is 7.71. The Balaban J connectivity index is 2.32. The minimum atomic E-state index is 0.494. The van der Waals surface area contributed by atoms with E-state index in [-0.39, 0.29) is 0 Å². The maximum atomic E-state index is 5.71. The Morgan fingerprint density at radius 2 is 2.20 bits per heavy atom. The van der Waals surface area contributed by atoms with E-state index in [9.17, 15) is 0 Å². The quantitative estimate of drug-likeness (QED) is 0.634. The van der Waals surface area contributed by atoms with E-state index in [1.54, 1.807) is 24.8 Å². The molecule has 3 heterocycles. The third-order valence-electron chi connectivity index (χ3n) is 2.15. The Kier molecular flexibility index (Phi) is 1.49. The van der Waals surface area contributed by atoms with Crippen LogP contribution in [0.15, 0.2) is 35.5 Å². The second kappa shape index (κ2) is 2.81. The second-order valence-corrected chi connectivity index (χ2v) is 3.06. The van der Waals surface area contributed by atoms with Crippen LogP contribution in [-0.4, -0.2) is 19.5 Å². The summed E-state index contributed by atoms with van der Waals surface area (Å²) in [6.07, 6.45) is 8.27. The van der Waals surface area contributed by atoms with Gasteiger partial charge in [0.15, 0.2) is 5.65 Å². The van der Waals surface area contributed by atoms with E-state index >= 15 is 0 Å². The summed E-state index contributed by atoms with van der Waals surface area (Å²) in [5, 5.41) is 3.63. The number of nitrogens with two attached hydrogens (primary N) is 1. The van der Waals surface area contributed by atoms with Gasteiger partial charge in [0.1, 0.15) is 11.4 Å². The average Bonchev–Trinajstić information content (AvgIpc) is 2.83. The van der Waals surface area contributed by atoms with Crippen molar-refractivity contribution in [2.24, 2.45) is 0 Å². The van der Waals surface area contributed by atoms with Crippen LogP contribution < -0.4 is 5.73 Å². The fourth-order valence-corrected chi connectivity index (χ4v) is 1.45. The molecule has 15 heavy (non-hydrogen) atoms. The van der Waals surface area contributed by atoms with E-state index in [0.29, 0.717) is 11.4 Å². The predicted octanol–water partition coefficient (Wildman–Crippen LogP) is 0.966. The minimum Gasteiger partial charge on any atom is -0.394 e. The van der Waals surface area contributed by atoms with E-state index in [1.165, 1.54) is 6.20 Å². The van der Waals surface area contributed by atoms with Crippen molar-refractivity contribution in [3.05, 3.63) is 31.0 Å². The highest BCUT2D eigenvalue weighted by molar-refractivity contribution is 5.69. The summed E-state index contributed by atoms with van der Waals surface area (Å²) in [5.74, 6) is 0.522. The lowest BCUT2D eigenvalue weighted by Crippen LogP contribution is -1.90. The molecule has 0 fully saturated rings. The highest BCUT2D eigenvalue weighted by Crippen LogP contribution is 2.25. The second-order valence-electron chi connectivity index (χ2n) is 3.06. The lowest BCUT2D eigenvalue weighted by Gasteiger charge is -1.96. The van der Waals surface area contributed by atoms with E-state index in [0.717, 1.165) is 11.3 Å². The Labute approximate surface area is 84.4 Å². The van der Waals surface area contributed by atoms with Gasteiger partial charge in [-0.1, -0.05) is 5.16 Å². The smallest absolute Gasteiger partial charge is 0.208 e.